The van der Waals surface area contributed by atoms with Crippen LogP contribution in [0.5, 0.6) is 0 Å². The van der Waals surface area contributed by atoms with E-state index in [9.17, 15) is 0 Å². The smallest absolute Gasteiger partial charge is 0.00805 e. The van der Waals surface area contributed by atoms with Gasteiger partial charge in [0.25, 0.3) is 0 Å². The zero-order chi connectivity index (χ0) is 11.4. The molecule has 0 amide bonds. The second-order valence-electron chi connectivity index (χ2n) is 5.72. The van der Waals surface area contributed by atoms with Crippen molar-refractivity contribution >= 4 is 11.8 Å². The van der Waals surface area contributed by atoms with E-state index in [1.165, 1.54) is 51.4 Å². The van der Waals surface area contributed by atoms with E-state index in [1.54, 1.807) is 0 Å². The van der Waals surface area contributed by atoms with Crippen LogP contribution in [0.15, 0.2) is 0 Å². The largest absolute Gasteiger partial charge is 0.311 e. The van der Waals surface area contributed by atoms with Crippen molar-refractivity contribution in [2.75, 3.05) is 6.26 Å². The molecule has 16 heavy (non-hydrogen) atoms. The fraction of sp³-hybridized carbons (Fsp3) is 1.00. The minimum absolute atomic E-state index is 0.755. The summed E-state index contributed by atoms with van der Waals surface area (Å²) in [4.78, 5) is 0. The maximum Gasteiger partial charge on any atom is 0.00805 e. The van der Waals surface area contributed by atoms with Gasteiger partial charge in [0.2, 0.25) is 0 Å². The van der Waals surface area contributed by atoms with Crippen molar-refractivity contribution < 1.29 is 0 Å². The first-order valence-electron chi connectivity index (χ1n) is 7.08. The quantitative estimate of drug-likeness (QED) is 0.803. The highest BCUT2D eigenvalue weighted by Crippen LogP contribution is 2.31. The number of nitrogens with one attached hydrogen (secondary N) is 1. The van der Waals surface area contributed by atoms with Gasteiger partial charge in [-0.05, 0) is 51.2 Å². The minimum Gasteiger partial charge on any atom is -0.311 e. The van der Waals surface area contributed by atoms with E-state index in [0.717, 1.165) is 23.3 Å². The molecule has 0 bridgehead atoms. The van der Waals surface area contributed by atoms with Crippen LogP contribution < -0.4 is 5.32 Å². The maximum atomic E-state index is 3.90. The van der Waals surface area contributed by atoms with Crippen LogP contribution in [0.25, 0.3) is 0 Å². The lowest BCUT2D eigenvalue weighted by Gasteiger charge is -2.30. The topological polar surface area (TPSA) is 12.0 Å². The standard InChI is InChI=1S/C14H27NS/c1-11(12-6-4-3-5-7-12)15-13-8-9-14(10-13)16-2/h11-15H,3-10H2,1-2H3. The number of thioether (sulfide) groups is 1. The number of hydrogen-bond acceptors (Lipinski definition) is 2. The molecule has 0 radical (unpaired) electrons. The van der Waals surface area contributed by atoms with E-state index in [4.69, 9.17) is 0 Å². The molecule has 0 aliphatic heterocycles. The van der Waals surface area contributed by atoms with Crippen molar-refractivity contribution in [3.63, 3.8) is 0 Å². The molecule has 0 aromatic heterocycles. The van der Waals surface area contributed by atoms with Gasteiger partial charge in [-0.25, -0.2) is 0 Å². The van der Waals surface area contributed by atoms with Gasteiger partial charge in [0, 0.05) is 17.3 Å². The van der Waals surface area contributed by atoms with Crippen LogP contribution in [0.2, 0.25) is 0 Å². The normalized spacial score (nSPS) is 34.1. The fourth-order valence-corrected chi connectivity index (χ4v) is 4.24. The summed E-state index contributed by atoms with van der Waals surface area (Å²) in [5, 5.41) is 4.83. The van der Waals surface area contributed by atoms with E-state index in [1.807, 2.05) is 0 Å². The molecule has 2 saturated carbocycles. The summed E-state index contributed by atoms with van der Waals surface area (Å²) in [6.45, 7) is 2.42. The van der Waals surface area contributed by atoms with Crippen molar-refractivity contribution in [2.45, 2.75) is 75.6 Å². The summed E-state index contributed by atoms with van der Waals surface area (Å²) in [6, 6.07) is 1.57. The van der Waals surface area contributed by atoms with Crippen molar-refractivity contribution in [3.05, 3.63) is 0 Å². The zero-order valence-corrected chi connectivity index (χ0v) is 11.7. The molecule has 2 aliphatic carbocycles. The minimum atomic E-state index is 0.755. The average Bonchev–Trinajstić information content (AvgIpc) is 2.78. The Hall–Kier alpha value is 0.310. The van der Waals surface area contributed by atoms with Gasteiger partial charge < -0.3 is 5.32 Å². The lowest BCUT2D eigenvalue weighted by atomic mass is 9.84. The molecule has 0 spiro atoms. The highest BCUT2D eigenvalue weighted by atomic mass is 32.2. The van der Waals surface area contributed by atoms with Crippen molar-refractivity contribution in [1.29, 1.82) is 0 Å². The third-order valence-electron chi connectivity index (χ3n) is 4.57. The fourth-order valence-electron chi connectivity index (χ4n) is 3.45. The SMILES string of the molecule is CSC1CCC(NC(C)C2CCCCC2)C1. The van der Waals surface area contributed by atoms with Crippen LogP contribution in [0.3, 0.4) is 0 Å². The van der Waals surface area contributed by atoms with Crippen LogP contribution in [0.4, 0.5) is 0 Å². The summed E-state index contributed by atoms with van der Waals surface area (Å²) in [5.74, 6) is 0.960. The molecule has 2 rings (SSSR count). The third kappa shape index (κ3) is 3.40. The lowest BCUT2D eigenvalue weighted by Crippen LogP contribution is -2.40. The average molecular weight is 241 g/mol. The summed E-state index contributed by atoms with van der Waals surface area (Å²) < 4.78 is 0. The molecule has 1 nitrogen and oxygen atoms in total. The van der Waals surface area contributed by atoms with Gasteiger partial charge in [0.1, 0.15) is 0 Å². The Morgan fingerprint density at radius 1 is 1.06 bits per heavy atom. The van der Waals surface area contributed by atoms with Crippen molar-refractivity contribution in [3.8, 4) is 0 Å². The molecule has 0 heterocycles. The molecule has 2 aliphatic rings. The Morgan fingerprint density at radius 2 is 1.81 bits per heavy atom. The summed E-state index contributed by atoms with van der Waals surface area (Å²) >= 11 is 2.06. The van der Waals surface area contributed by atoms with Gasteiger partial charge in [-0.3, -0.25) is 0 Å². The van der Waals surface area contributed by atoms with Gasteiger partial charge in [0.05, 0.1) is 0 Å². The van der Waals surface area contributed by atoms with E-state index < -0.39 is 0 Å². The predicted molar refractivity (Wildman–Crippen MR) is 74.1 cm³/mol. The van der Waals surface area contributed by atoms with Crippen LogP contribution in [-0.4, -0.2) is 23.6 Å². The van der Waals surface area contributed by atoms with E-state index in [2.05, 4.69) is 30.3 Å². The highest BCUT2D eigenvalue weighted by molar-refractivity contribution is 7.99. The second kappa shape index (κ2) is 6.30. The maximum absolute atomic E-state index is 3.90. The van der Waals surface area contributed by atoms with Gasteiger partial charge >= 0.3 is 0 Å². The van der Waals surface area contributed by atoms with Crippen LogP contribution in [-0.2, 0) is 0 Å². The van der Waals surface area contributed by atoms with Gasteiger partial charge in [-0.2, -0.15) is 11.8 Å². The van der Waals surface area contributed by atoms with E-state index in [0.29, 0.717) is 0 Å². The van der Waals surface area contributed by atoms with Crippen molar-refractivity contribution in [1.82, 2.24) is 5.32 Å². The molecular formula is C14H27NS. The molecule has 3 unspecified atom stereocenters. The van der Waals surface area contributed by atoms with Gasteiger partial charge in [-0.15, -0.1) is 0 Å². The molecule has 3 atom stereocenters. The van der Waals surface area contributed by atoms with E-state index >= 15 is 0 Å². The Morgan fingerprint density at radius 3 is 2.44 bits per heavy atom. The summed E-state index contributed by atoms with van der Waals surface area (Å²) in [7, 11) is 0. The molecule has 2 heteroatoms. The van der Waals surface area contributed by atoms with E-state index in [-0.39, 0.29) is 0 Å². The molecule has 0 aromatic rings. The van der Waals surface area contributed by atoms with Gasteiger partial charge in [0.15, 0.2) is 0 Å². The lowest BCUT2D eigenvalue weighted by molar-refractivity contribution is 0.264. The number of hydrogen-bond donors (Lipinski definition) is 1. The van der Waals surface area contributed by atoms with Crippen LogP contribution in [0, 0.1) is 5.92 Å². The molecule has 94 valence electrons. The molecule has 0 aromatic carbocycles. The van der Waals surface area contributed by atoms with Gasteiger partial charge in [-0.1, -0.05) is 19.3 Å². The number of rotatable bonds is 4. The van der Waals surface area contributed by atoms with Crippen LogP contribution >= 0.6 is 11.8 Å². The molecule has 1 N–H and O–H groups in total. The Bertz CT molecular complexity index is 201. The predicted octanol–water partition coefficient (Wildman–Crippen LogP) is 3.83. The highest BCUT2D eigenvalue weighted by Gasteiger charge is 2.27. The second-order valence-corrected chi connectivity index (χ2v) is 6.86. The zero-order valence-electron chi connectivity index (χ0n) is 10.9. The molecular weight excluding hydrogens is 214 g/mol. The Balaban J connectivity index is 1.72. The first-order chi connectivity index (χ1) is 7.79. The first-order valence-corrected chi connectivity index (χ1v) is 8.37. The molecule has 2 fully saturated rings. The molecule has 0 saturated heterocycles. The first kappa shape index (κ1) is 12.8. The Kier molecular flexibility index (Phi) is 5.02. The monoisotopic (exact) mass is 241 g/mol. The van der Waals surface area contributed by atoms with Crippen molar-refractivity contribution in [2.24, 2.45) is 5.92 Å². The Labute approximate surface area is 105 Å². The third-order valence-corrected chi connectivity index (χ3v) is 5.67. The summed E-state index contributed by atoms with van der Waals surface area (Å²) in [6.07, 6.45) is 13.8. The summed E-state index contributed by atoms with van der Waals surface area (Å²) in [5.41, 5.74) is 0. The van der Waals surface area contributed by atoms with Crippen LogP contribution in [0.1, 0.15) is 58.3 Å².